The molecule has 0 radical (unpaired) electrons. The Morgan fingerprint density at radius 1 is 1.35 bits per heavy atom. The van der Waals surface area contributed by atoms with E-state index in [1.54, 1.807) is 12.4 Å². The Morgan fingerprint density at radius 2 is 2.04 bits per heavy atom. The lowest BCUT2D eigenvalue weighted by molar-refractivity contribution is -0.121. The summed E-state index contributed by atoms with van der Waals surface area (Å²) in [5.41, 5.74) is 1.05. The number of ether oxygens (including phenoxy) is 1. The molecule has 0 unspecified atom stereocenters. The van der Waals surface area contributed by atoms with Gasteiger partial charge < -0.3 is 10.1 Å². The smallest absolute Gasteiger partial charge is 0.220 e. The van der Waals surface area contributed by atoms with Crippen molar-refractivity contribution in [2.75, 3.05) is 33.1 Å². The van der Waals surface area contributed by atoms with Crippen LogP contribution in [0.2, 0.25) is 0 Å². The molecule has 1 saturated heterocycles. The molecule has 23 heavy (non-hydrogen) atoms. The molecule has 1 amide bonds. The molecular formula is C15H23N3O4S. The Hall–Kier alpha value is -1.51. The van der Waals surface area contributed by atoms with E-state index in [9.17, 15) is 13.2 Å². The zero-order valence-corrected chi connectivity index (χ0v) is 14.3. The van der Waals surface area contributed by atoms with E-state index in [1.165, 1.54) is 18.4 Å². The standard InChI is InChI=1S/C15H23N3O4S/c1-18(2)23(20,21)11-13-9-22-10-14(13)17-15(19)4-3-12-5-7-16-8-6-12/h5-8,13-14H,3-4,9-11H2,1-2H3,(H,17,19)/t13-,14-/m0/s1. The molecule has 0 spiro atoms. The minimum absolute atomic E-state index is 0.0186. The van der Waals surface area contributed by atoms with Gasteiger partial charge in [-0.3, -0.25) is 9.78 Å². The highest BCUT2D eigenvalue weighted by molar-refractivity contribution is 7.89. The average Bonchev–Trinajstić information content (AvgIpc) is 2.92. The van der Waals surface area contributed by atoms with Gasteiger partial charge in [-0.1, -0.05) is 0 Å². The number of nitrogens with one attached hydrogen (secondary N) is 1. The second kappa shape index (κ2) is 7.85. The van der Waals surface area contributed by atoms with Gasteiger partial charge in [-0.25, -0.2) is 12.7 Å². The Bertz CT molecular complexity index is 619. The Kier molecular flexibility index (Phi) is 6.09. The fraction of sp³-hybridized carbons (Fsp3) is 0.600. The highest BCUT2D eigenvalue weighted by Gasteiger charge is 2.33. The summed E-state index contributed by atoms with van der Waals surface area (Å²) in [7, 11) is -0.296. The Balaban J connectivity index is 1.85. The quantitative estimate of drug-likeness (QED) is 0.756. The monoisotopic (exact) mass is 341 g/mol. The van der Waals surface area contributed by atoms with E-state index in [4.69, 9.17) is 4.74 Å². The van der Waals surface area contributed by atoms with E-state index in [0.29, 0.717) is 26.1 Å². The normalized spacial score (nSPS) is 21.5. The maximum atomic E-state index is 12.1. The van der Waals surface area contributed by atoms with Gasteiger partial charge in [-0.05, 0) is 24.1 Å². The number of nitrogens with zero attached hydrogens (tertiary/aromatic N) is 2. The second-order valence-electron chi connectivity index (χ2n) is 5.89. The third-order valence-corrected chi connectivity index (χ3v) is 5.88. The molecule has 2 rings (SSSR count). The maximum absolute atomic E-state index is 12.1. The Labute approximate surface area is 137 Å². The first kappa shape index (κ1) is 17.8. The summed E-state index contributed by atoms with van der Waals surface area (Å²) in [5.74, 6) is -0.327. The molecule has 1 fully saturated rings. The number of rotatable bonds is 7. The number of pyridine rings is 1. The first-order valence-corrected chi connectivity index (χ1v) is 9.15. The number of sulfonamides is 1. The van der Waals surface area contributed by atoms with E-state index in [0.717, 1.165) is 5.56 Å². The fourth-order valence-electron chi connectivity index (χ4n) is 2.43. The zero-order chi connectivity index (χ0) is 16.9. The number of carbonyl (C=O) groups is 1. The third kappa shape index (κ3) is 5.26. The van der Waals surface area contributed by atoms with Crippen molar-refractivity contribution in [3.63, 3.8) is 0 Å². The number of amides is 1. The van der Waals surface area contributed by atoms with E-state index < -0.39 is 10.0 Å². The molecule has 128 valence electrons. The van der Waals surface area contributed by atoms with Gasteiger partial charge in [0.25, 0.3) is 0 Å². The van der Waals surface area contributed by atoms with Crippen LogP contribution in [0.4, 0.5) is 0 Å². The molecule has 1 aliphatic rings. The van der Waals surface area contributed by atoms with Crippen molar-refractivity contribution in [3.8, 4) is 0 Å². The van der Waals surface area contributed by atoms with Crippen molar-refractivity contribution in [1.29, 1.82) is 0 Å². The summed E-state index contributed by atoms with van der Waals surface area (Å²) in [5, 5.41) is 2.90. The van der Waals surface area contributed by atoms with Crippen LogP contribution in [0.3, 0.4) is 0 Å². The van der Waals surface area contributed by atoms with Gasteiger partial charge in [0.2, 0.25) is 15.9 Å². The van der Waals surface area contributed by atoms with Gasteiger partial charge in [0.15, 0.2) is 0 Å². The lowest BCUT2D eigenvalue weighted by Gasteiger charge is -2.21. The van der Waals surface area contributed by atoms with Crippen molar-refractivity contribution in [3.05, 3.63) is 30.1 Å². The van der Waals surface area contributed by atoms with Crippen LogP contribution in [0.5, 0.6) is 0 Å². The second-order valence-corrected chi connectivity index (χ2v) is 8.12. The Morgan fingerprint density at radius 3 is 2.70 bits per heavy atom. The molecule has 2 heterocycles. The summed E-state index contributed by atoms with van der Waals surface area (Å²) in [6.07, 6.45) is 4.37. The van der Waals surface area contributed by atoms with Crippen LogP contribution in [-0.2, 0) is 26.0 Å². The lowest BCUT2D eigenvalue weighted by atomic mass is 10.1. The van der Waals surface area contributed by atoms with Crippen LogP contribution >= 0.6 is 0 Å². The minimum atomic E-state index is -3.31. The van der Waals surface area contributed by atoms with Gasteiger partial charge in [-0.2, -0.15) is 0 Å². The van der Waals surface area contributed by atoms with Crippen molar-refractivity contribution < 1.29 is 17.9 Å². The van der Waals surface area contributed by atoms with Gasteiger partial charge in [-0.15, -0.1) is 0 Å². The van der Waals surface area contributed by atoms with Crippen LogP contribution in [-0.4, -0.2) is 62.7 Å². The van der Waals surface area contributed by atoms with Crippen LogP contribution in [0.15, 0.2) is 24.5 Å². The van der Waals surface area contributed by atoms with Crippen molar-refractivity contribution >= 4 is 15.9 Å². The largest absolute Gasteiger partial charge is 0.379 e. The van der Waals surface area contributed by atoms with Crippen molar-refractivity contribution in [2.45, 2.75) is 18.9 Å². The van der Waals surface area contributed by atoms with Gasteiger partial charge in [0.1, 0.15) is 0 Å². The van der Waals surface area contributed by atoms with Crippen LogP contribution in [0.1, 0.15) is 12.0 Å². The zero-order valence-electron chi connectivity index (χ0n) is 13.4. The summed E-state index contributed by atoms with van der Waals surface area (Å²) >= 11 is 0. The number of aryl methyl sites for hydroxylation is 1. The molecule has 2 atom stereocenters. The van der Waals surface area contributed by atoms with E-state index in [2.05, 4.69) is 10.3 Å². The van der Waals surface area contributed by atoms with Crippen molar-refractivity contribution in [1.82, 2.24) is 14.6 Å². The molecule has 7 nitrogen and oxygen atoms in total. The van der Waals surface area contributed by atoms with E-state index >= 15 is 0 Å². The number of hydrogen-bond acceptors (Lipinski definition) is 5. The highest BCUT2D eigenvalue weighted by Crippen LogP contribution is 2.17. The van der Waals surface area contributed by atoms with E-state index in [-0.39, 0.29) is 23.6 Å². The average molecular weight is 341 g/mol. The molecule has 1 aromatic rings. The first-order valence-electron chi connectivity index (χ1n) is 7.54. The predicted molar refractivity (Wildman–Crippen MR) is 86.3 cm³/mol. The van der Waals surface area contributed by atoms with Gasteiger partial charge in [0, 0.05) is 38.8 Å². The fourth-order valence-corrected chi connectivity index (χ4v) is 3.60. The van der Waals surface area contributed by atoms with Crippen LogP contribution < -0.4 is 5.32 Å². The topological polar surface area (TPSA) is 88.6 Å². The third-order valence-electron chi connectivity index (χ3n) is 3.92. The van der Waals surface area contributed by atoms with Gasteiger partial charge in [0.05, 0.1) is 25.0 Å². The minimum Gasteiger partial charge on any atom is -0.379 e. The lowest BCUT2D eigenvalue weighted by Crippen LogP contribution is -2.43. The van der Waals surface area contributed by atoms with Crippen LogP contribution in [0, 0.1) is 5.92 Å². The first-order chi connectivity index (χ1) is 10.9. The molecule has 1 aliphatic heterocycles. The van der Waals surface area contributed by atoms with Crippen molar-refractivity contribution in [2.24, 2.45) is 5.92 Å². The molecule has 0 saturated carbocycles. The number of carbonyl (C=O) groups excluding carboxylic acids is 1. The summed E-state index contributed by atoms with van der Waals surface area (Å²) in [6.45, 7) is 0.705. The maximum Gasteiger partial charge on any atom is 0.220 e. The summed E-state index contributed by atoms with van der Waals surface area (Å²) < 4.78 is 30.5. The molecular weight excluding hydrogens is 318 g/mol. The number of hydrogen-bond donors (Lipinski definition) is 1. The molecule has 0 aromatic carbocycles. The SMILES string of the molecule is CN(C)S(=O)(=O)C[C@@H]1COC[C@@H]1NC(=O)CCc1ccncc1. The predicted octanol–water partition coefficient (Wildman–Crippen LogP) is 0.0368. The highest BCUT2D eigenvalue weighted by atomic mass is 32.2. The molecule has 0 bridgehead atoms. The molecule has 0 aliphatic carbocycles. The van der Waals surface area contributed by atoms with E-state index in [1.807, 2.05) is 12.1 Å². The molecule has 8 heteroatoms. The molecule has 1 aromatic heterocycles. The molecule has 1 N–H and O–H groups in total. The van der Waals surface area contributed by atoms with Crippen LogP contribution in [0.25, 0.3) is 0 Å². The summed E-state index contributed by atoms with van der Waals surface area (Å²) in [6, 6.07) is 3.49. The summed E-state index contributed by atoms with van der Waals surface area (Å²) in [4.78, 5) is 16.0. The van der Waals surface area contributed by atoms with Gasteiger partial charge >= 0.3 is 0 Å². The number of aromatic nitrogens is 1.